The second-order valence-corrected chi connectivity index (χ2v) is 4.39. The molecule has 0 atom stereocenters. The first kappa shape index (κ1) is 15.1. The number of halogens is 2. The van der Waals surface area contributed by atoms with Crippen LogP contribution >= 0.6 is 23.2 Å². The van der Waals surface area contributed by atoms with E-state index in [0.717, 1.165) is 6.54 Å². The predicted octanol–water partition coefficient (Wildman–Crippen LogP) is 2.34. The van der Waals surface area contributed by atoms with Crippen molar-refractivity contribution >= 4 is 29.1 Å². The fourth-order valence-corrected chi connectivity index (χ4v) is 1.73. The van der Waals surface area contributed by atoms with Gasteiger partial charge >= 0.3 is 0 Å². The number of amides is 1. The fraction of sp³-hybridized carbons (Fsp3) is 0.417. The summed E-state index contributed by atoms with van der Waals surface area (Å²) in [5, 5.41) is 6.57. The molecule has 0 heterocycles. The van der Waals surface area contributed by atoms with Crippen molar-refractivity contribution in [1.82, 2.24) is 10.6 Å². The van der Waals surface area contributed by atoms with E-state index in [1.807, 2.05) is 6.92 Å². The van der Waals surface area contributed by atoms with Gasteiger partial charge in [-0.1, -0.05) is 30.1 Å². The average Bonchev–Trinajstić information content (AvgIpc) is 2.37. The normalized spacial score (nSPS) is 10.2. The zero-order chi connectivity index (χ0) is 13.5. The Labute approximate surface area is 117 Å². The predicted molar refractivity (Wildman–Crippen MR) is 73.9 cm³/mol. The Hall–Kier alpha value is -0.970. The van der Waals surface area contributed by atoms with Crippen LogP contribution in [0.1, 0.15) is 17.3 Å². The summed E-state index contributed by atoms with van der Waals surface area (Å²) in [4.78, 5) is 11.9. The van der Waals surface area contributed by atoms with Gasteiger partial charge in [0.15, 0.2) is 0 Å². The van der Waals surface area contributed by atoms with Gasteiger partial charge in [-0.3, -0.25) is 4.79 Å². The number of methoxy groups -OCH3 is 1. The molecule has 0 saturated heterocycles. The second kappa shape index (κ2) is 7.46. The van der Waals surface area contributed by atoms with Gasteiger partial charge in [-0.15, -0.1) is 0 Å². The number of benzene rings is 1. The van der Waals surface area contributed by atoms with Crippen LogP contribution in [0.4, 0.5) is 0 Å². The van der Waals surface area contributed by atoms with Gasteiger partial charge in [0.05, 0.1) is 22.7 Å². The van der Waals surface area contributed by atoms with Crippen LogP contribution in [-0.2, 0) is 0 Å². The van der Waals surface area contributed by atoms with E-state index in [1.54, 1.807) is 0 Å². The maximum Gasteiger partial charge on any atom is 0.255 e. The first-order chi connectivity index (χ1) is 8.60. The zero-order valence-electron chi connectivity index (χ0n) is 10.3. The number of rotatable bonds is 6. The minimum atomic E-state index is -0.233. The van der Waals surface area contributed by atoms with Gasteiger partial charge in [0, 0.05) is 19.2 Å². The minimum Gasteiger partial charge on any atom is -0.496 e. The maximum atomic E-state index is 11.9. The molecule has 2 N–H and O–H groups in total. The number of carbonyl (C=O) groups excluding carboxylic acids is 1. The highest BCUT2D eigenvalue weighted by Crippen LogP contribution is 2.30. The standard InChI is InChI=1S/C12H16Cl2N2O2/c1-3-15-4-5-16-12(17)8-6-9(13)10(14)7-11(8)18-2/h6-7,15H,3-5H2,1-2H3,(H,16,17). The molecule has 0 aromatic heterocycles. The Kier molecular flexibility index (Phi) is 6.25. The van der Waals surface area contributed by atoms with Gasteiger partial charge < -0.3 is 15.4 Å². The van der Waals surface area contributed by atoms with Crippen LogP contribution in [0.25, 0.3) is 0 Å². The summed E-state index contributed by atoms with van der Waals surface area (Å²) < 4.78 is 5.11. The lowest BCUT2D eigenvalue weighted by atomic mass is 10.2. The largest absolute Gasteiger partial charge is 0.496 e. The molecule has 1 aromatic rings. The average molecular weight is 291 g/mol. The quantitative estimate of drug-likeness (QED) is 0.791. The van der Waals surface area contributed by atoms with Crippen molar-refractivity contribution in [2.24, 2.45) is 0 Å². The van der Waals surface area contributed by atoms with Crippen molar-refractivity contribution in [2.75, 3.05) is 26.7 Å². The third-order valence-corrected chi connectivity index (χ3v) is 3.05. The molecule has 0 unspecified atom stereocenters. The molecular formula is C12H16Cl2N2O2. The number of carbonyl (C=O) groups is 1. The summed E-state index contributed by atoms with van der Waals surface area (Å²) >= 11 is 11.8. The molecule has 18 heavy (non-hydrogen) atoms. The van der Waals surface area contributed by atoms with E-state index in [0.29, 0.717) is 34.4 Å². The van der Waals surface area contributed by atoms with Crippen LogP contribution in [0.5, 0.6) is 5.75 Å². The Bertz CT molecular complexity index is 425. The SMILES string of the molecule is CCNCCNC(=O)c1cc(Cl)c(Cl)cc1OC. The summed E-state index contributed by atoms with van der Waals surface area (Å²) in [6, 6.07) is 3.04. The van der Waals surface area contributed by atoms with Gasteiger partial charge in [0.25, 0.3) is 5.91 Å². The molecule has 100 valence electrons. The monoisotopic (exact) mass is 290 g/mol. The molecule has 1 aromatic carbocycles. The van der Waals surface area contributed by atoms with Crippen molar-refractivity contribution in [3.8, 4) is 5.75 Å². The molecule has 0 aliphatic heterocycles. The van der Waals surface area contributed by atoms with Gasteiger partial charge in [-0.05, 0) is 12.6 Å². The van der Waals surface area contributed by atoms with Crippen molar-refractivity contribution < 1.29 is 9.53 Å². The molecule has 0 spiro atoms. The zero-order valence-corrected chi connectivity index (χ0v) is 11.9. The van der Waals surface area contributed by atoms with Crippen LogP contribution in [0.3, 0.4) is 0 Å². The molecule has 0 bridgehead atoms. The van der Waals surface area contributed by atoms with Crippen molar-refractivity contribution in [3.63, 3.8) is 0 Å². The van der Waals surface area contributed by atoms with Gasteiger partial charge in [0.2, 0.25) is 0 Å². The molecule has 6 heteroatoms. The molecule has 0 radical (unpaired) electrons. The first-order valence-electron chi connectivity index (χ1n) is 5.62. The van der Waals surface area contributed by atoms with Crippen LogP contribution in [0.15, 0.2) is 12.1 Å². The van der Waals surface area contributed by atoms with E-state index >= 15 is 0 Å². The fourth-order valence-electron chi connectivity index (χ4n) is 1.41. The van der Waals surface area contributed by atoms with Crippen LogP contribution < -0.4 is 15.4 Å². The number of hydrogen-bond acceptors (Lipinski definition) is 3. The summed E-state index contributed by atoms with van der Waals surface area (Å²) in [7, 11) is 1.48. The number of hydrogen-bond donors (Lipinski definition) is 2. The Balaban J connectivity index is 2.75. The van der Waals surface area contributed by atoms with Crippen molar-refractivity contribution in [1.29, 1.82) is 0 Å². The summed E-state index contributed by atoms with van der Waals surface area (Å²) in [5.74, 6) is 0.175. The van der Waals surface area contributed by atoms with E-state index in [4.69, 9.17) is 27.9 Å². The van der Waals surface area contributed by atoms with Gasteiger partial charge in [-0.25, -0.2) is 0 Å². The molecule has 0 fully saturated rings. The molecule has 1 rings (SSSR count). The Morgan fingerprint density at radius 2 is 1.94 bits per heavy atom. The lowest BCUT2D eigenvalue weighted by molar-refractivity contribution is 0.0951. The number of ether oxygens (including phenoxy) is 1. The second-order valence-electron chi connectivity index (χ2n) is 3.58. The third kappa shape index (κ3) is 4.05. The summed E-state index contributed by atoms with van der Waals surface area (Å²) in [6.45, 7) is 4.12. The maximum absolute atomic E-state index is 11.9. The topological polar surface area (TPSA) is 50.4 Å². The Morgan fingerprint density at radius 1 is 1.28 bits per heavy atom. The third-order valence-electron chi connectivity index (χ3n) is 2.32. The highest BCUT2D eigenvalue weighted by Gasteiger charge is 2.14. The molecule has 0 saturated carbocycles. The van der Waals surface area contributed by atoms with Crippen LogP contribution in [0, 0.1) is 0 Å². The summed E-state index contributed by atoms with van der Waals surface area (Å²) in [5.41, 5.74) is 0.378. The van der Waals surface area contributed by atoms with Crippen molar-refractivity contribution in [2.45, 2.75) is 6.92 Å². The molecule has 1 amide bonds. The highest BCUT2D eigenvalue weighted by molar-refractivity contribution is 6.42. The Morgan fingerprint density at radius 3 is 2.56 bits per heavy atom. The first-order valence-corrected chi connectivity index (χ1v) is 6.37. The lowest BCUT2D eigenvalue weighted by Gasteiger charge is -2.10. The summed E-state index contributed by atoms with van der Waals surface area (Å²) in [6.07, 6.45) is 0. The highest BCUT2D eigenvalue weighted by atomic mass is 35.5. The molecule has 0 aliphatic rings. The van der Waals surface area contributed by atoms with E-state index in [1.165, 1.54) is 19.2 Å². The van der Waals surface area contributed by atoms with Gasteiger partial charge in [-0.2, -0.15) is 0 Å². The number of nitrogens with one attached hydrogen (secondary N) is 2. The lowest BCUT2D eigenvalue weighted by Crippen LogP contribution is -2.31. The minimum absolute atomic E-state index is 0.233. The van der Waals surface area contributed by atoms with E-state index < -0.39 is 0 Å². The number of likely N-dealkylation sites (N-methyl/N-ethyl adjacent to an activating group) is 1. The van der Waals surface area contributed by atoms with Crippen LogP contribution in [0.2, 0.25) is 10.0 Å². The van der Waals surface area contributed by atoms with E-state index in [2.05, 4.69) is 10.6 Å². The van der Waals surface area contributed by atoms with E-state index in [-0.39, 0.29) is 5.91 Å². The van der Waals surface area contributed by atoms with Crippen molar-refractivity contribution in [3.05, 3.63) is 27.7 Å². The molecule has 4 nitrogen and oxygen atoms in total. The molecular weight excluding hydrogens is 275 g/mol. The smallest absolute Gasteiger partial charge is 0.255 e. The van der Waals surface area contributed by atoms with Crippen LogP contribution in [-0.4, -0.2) is 32.7 Å². The van der Waals surface area contributed by atoms with E-state index in [9.17, 15) is 4.79 Å². The molecule has 0 aliphatic carbocycles. The van der Waals surface area contributed by atoms with Gasteiger partial charge in [0.1, 0.15) is 5.75 Å².